The molecule has 3 aromatic rings. The molecule has 0 spiro atoms. The minimum absolute atomic E-state index is 0.0440. The smallest absolute Gasteiger partial charge is 0.321 e. The molecule has 3 heterocycles. The van der Waals surface area contributed by atoms with Crippen molar-refractivity contribution in [3.8, 4) is 5.75 Å². The summed E-state index contributed by atoms with van der Waals surface area (Å²) in [7, 11) is 1.66. The highest BCUT2D eigenvalue weighted by Gasteiger charge is 2.26. The van der Waals surface area contributed by atoms with Crippen molar-refractivity contribution in [3.63, 3.8) is 0 Å². The summed E-state index contributed by atoms with van der Waals surface area (Å²) in [6.45, 7) is 6.68. The number of nitrogens with two attached hydrogens (primary N) is 2. The maximum absolute atomic E-state index is 12.9. The van der Waals surface area contributed by atoms with E-state index in [-0.39, 0.29) is 30.6 Å². The molecule has 16 nitrogen and oxygen atoms in total. The van der Waals surface area contributed by atoms with Crippen molar-refractivity contribution >= 4 is 58.3 Å². The first-order chi connectivity index (χ1) is 24.5. The van der Waals surface area contributed by atoms with E-state index < -0.39 is 35.6 Å². The van der Waals surface area contributed by atoms with Crippen LogP contribution in [0.5, 0.6) is 5.75 Å². The molecule has 0 aliphatic carbocycles. The van der Waals surface area contributed by atoms with Gasteiger partial charge in [0, 0.05) is 69.7 Å². The normalized spacial score (nSPS) is 14.6. The number of fused-ring (bicyclic) bond motifs is 1. The van der Waals surface area contributed by atoms with E-state index in [1.165, 1.54) is 0 Å². The lowest BCUT2D eigenvalue weighted by molar-refractivity contribution is -0.138. The fraction of sp³-hybridized carbons (Fsp3) is 0.529. The molecule has 1 aliphatic heterocycles. The number of hydrogen-bond donors (Lipinski definition) is 6. The number of nitrogens with zero attached hydrogens (tertiary/aromatic N) is 5. The van der Waals surface area contributed by atoms with Crippen molar-refractivity contribution in [1.82, 2.24) is 29.7 Å². The molecule has 1 aromatic carbocycles. The van der Waals surface area contributed by atoms with Crippen LogP contribution in [-0.4, -0.2) is 122 Å². The summed E-state index contributed by atoms with van der Waals surface area (Å²) in [6, 6.07) is 6.93. The lowest BCUT2D eigenvalue weighted by atomic mass is 10.1. The average Bonchev–Trinajstić information content (AvgIpc) is 3.50. The number of thioether (sulfide) groups is 1. The number of aliphatic carboxylic acids is 2. The Morgan fingerprint density at radius 3 is 2.49 bits per heavy atom. The van der Waals surface area contributed by atoms with E-state index in [0.29, 0.717) is 39.3 Å². The Hall–Kier alpha value is -4.61. The topological polar surface area (TPSA) is 231 Å². The van der Waals surface area contributed by atoms with Crippen LogP contribution >= 0.6 is 11.8 Å². The van der Waals surface area contributed by atoms with Gasteiger partial charge in [-0.25, -0.2) is 4.98 Å². The van der Waals surface area contributed by atoms with Crippen LogP contribution < -0.4 is 26.8 Å². The number of methoxy groups -OCH3 is 1. The highest BCUT2D eigenvalue weighted by Crippen LogP contribution is 2.28. The molecule has 1 fully saturated rings. The van der Waals surface area contributed by atoms with Gasteiger partial charge in [0.05, 0.1) is 30.8 Å². The zero-order chi connectivity index (χ0) is 36.9. The molecular formula is C34H49N9O7S. The lowest BCUT2D eigenvalue weighted by Crippen LogP contribution is -2.49. The predicted octanol–water partition coefficient (Wildman–Crippen LogP) is 1.81. The van der Waals surface area contributed by atoms with Crippen molar-refractivity contribution in [2.75, 3.05) is 63.2 Å². The number of piperazine rings is 1. The van der Waals surface area contributed by atoms with Crippen molar-refractivity contribution in [3.05, 3.63) is 41.6 Å². The molecule has 2 atom stereocenters. The molecule has 1 aliphatic rings. The Kier molecular flexibility index (Phi) is 14.7. The summed E-state index contributed by atoms with van der Waals surface area (Å²) in [6.07, 6.45) is 4.86. The first kappa shape index (κ1) is 39.2. The van der Waals surface area contributed by atoms with Gasteiger partial charge in [0.2, 0.25) is 17.8 Å². The Morgan fingerprint density at radius 2 is 1.80 bits per heavy atom. The van der Waals surface area contributed by atoms with Crippen molar-refractivity contribution in [2.24, 2.45) is 5.73 Å². The van der Waals surface area contributed by atoms with Gasteiger partial charge in [-0.15, -0.1) is 11.8 Å². The van der Waals surface area contributed by atoms with Crippen LogP contribution in [0.1, 0.15) is 50.2 Å². The fourth-order valence-electron chi connectivity index (χ4n) is 5.82. The van der Waals surface area contributed by atoms with Crippen LogP contribution in [0.15, 0.2) is 30.5 Å². The van der Waals surface area contributed by atoms with Crippen LogP contribution in [-0.2, 0) is 32.3 Å². The second kappa shape index (κ2) is 19.1. The summed E-state index contributed by atoms with van der Waals surface area (Å²) in [5.41, 5.74) is 15.2. The number of rotatable bonds is 20. The van der Waals surface area contributed by atoms with Gasteiger partial charge in [0.1, 0.15) is 17.3 Å². The molecule has 0 unspecified atom stereocenters. The maximum Gasteiger partial charge on any atom is 0.321 e. The van der Waals surface area contributed by atoms with Crippen LogP contribution in [0.4, 0.5) is 11.8 Å². The van der Waals surface area contributed by atoms with E-state index in [0.717, 1.165) is 71.3 Å². The minimum atomic E-state index is -1.24. The molecule has 8 N–H and O–H groups in total. The third-order valence-electron chi connectivity index (χ3n) is 8.61. The Morgan fingerprint density at radius 1 is 1.04 bits per heavy atom. The SMILES string of the molecule is CCCCCNc1nc(N)nc2ccn(Cc3ccc(CN4CCN(C(=O)CCNC(=O)[C@@H](CC(=O)O)SC[C@H](N)C(=O)O)CC4)cc3OC)c12. The Bertz CT molecular complexity index is 1660. The number of nitrogens with one attached hydrogen (secondary N) is 2. The van der Waals surface area contributed by atoms with E-state index in [4.69, 9.17) is 26.4 Å². The molecule has 17 heteroatoms. The summed E-state index contributed by atoms with van der Waals surface area (Å²) in [5, 5.41) is 23.1. The Labute approximate surface area is 301 Å². The first-order valence-corrected chi connectivity index (χ1v) is 18.2. The van der Waals surface area contributed by atoms with E-state index in [1.54, 1.807) is 12.0 Å². The number of aromatic nitrogens is 3. The van der Waals surface area contributed by atoms with Crippen LogP contribution in [0.2, 0.25) is 0 Å². The first-order valence-electron chi connectivity index (χ1n) is 17.1. The quantitative estimate of drug-likeness (QED) is 0.0912. The van der Waals surface area contributed by atoms with E-state index >= 15 is 0 Å². The van der Waals surface area contributed by atoms with Crippen molar-refractivity contribution < 1.29 is 34.1 Å². The van der Waals surface area contributed by atoms with Crippen molar-refractivity contribution in [2.45, 2.75) is 63.4 Å². The molecule has 2 amide bonds. The summed E-state index contributed by atoms with van der Waals surface area (Å²) in [5.74, 6) is -1.50. The monoisotopic (exact) mass is 727 g/mol. The number of benzene rings is 1. The number of amides is 2. The van der Waals surface area contributed by atoms with E-state index in [9.17, 15) is 19.2 Å². The predicted molar refractivity (Wildman–Crippen MR) is 196 cm³/mol. The second-order valence-electron chi connectivity index (χ2n) is 12.5. The van der Waals surface area contributed by atoms with Crippen LogP contribution in [0.25, 0.3) is 11.0 Å². The summed E-state index contributed by atoms with van der Waals surface area (Å²) < 4.78 is 7.90. The number of carboxylic acid groups (broad SMARTS) is 2. The van der Waals surface area contributed by atoms with Crippen LogP contribution in [0, 0.1) is 0 Å². The van der Waals surface area contributed by atoms with E-state index in [1.807, 2.05) is 18.3 Å². The Balaban J connectivity index is 1.27. The number of carbonyl (C=O) groups excluding carboxylic acids is 2. The molecule has 51 heavy (non-hydrogen) atoms. The third kappa shape index (κ3) is 11.5. The van der Waals surface area contributed by atoms with Gasteiger partial charge in [-0.05, 0) is 24.1 Å². The molecule has 0 saturated carbocycles. The number of nitrogen functional groups attached to an aromatic ring is 1. The molecule has 4 rings (SSSR count). The molecule has 278 valence electrons. The van der Waals surface area contributed by atoms with Gasteiger partial charge in [-0.1, -0.05) is 31.9 Å². The third-order valence-corrected chi connectivity index (χ3v) is 9.94. The lowest BCUT2D eigenvalue weighted by Gasteiger charge is -2.35. The number of ether oxygens (including phenoxy) is 1. The van der Waals surface area contributed by atoms with Gasteiger partial charge in [-0.2, -0.15) is 4.98 Å². The highest BCUT2D eigenvalue weighted by atomic mass is 32.2. The molecule has 2 aromatic heterocycles. The summed E-state index contributed by atoms with van der Waals surface area (Å²) in [4.78, 5) is 60.6. The minimum Gasteiger partial charge on any atom is -0.496 e. The number of carbonyl (C=O) groups is 4. The van der Waals surface area contributed by atoms with Gasteiger partial charge in [0.15, 0.2) is 5.82 Å². The van der Waals surface area contributed by atoms with Gasteiger partial charge < -0.3 is 46.5 Å². The number of carboxylic acids is 2. The zero-order valence-electron chi connectivity index (χ0n) is 29.2. The maximum atomic E-state index is 12.9. The average molecular weight is 728 g/mol. The van der Waals surface area contributed by atoms with E-state index in [2.05, 4.69) is 49.1 Å². The number of hydrogen-bond acceptors (Lipinski definition) is 12. The van der Waals surface area contributed by atoms with Gasteiger partial charge >= 0.3 is 11.9 Å². The van der Waals surface area contributed by atoms with Crippen LogP contribution in [0.3, 0.4) is 0 Å². The largest absolute Gasteiger partial charge is 0.496 e. The molecule has 0 radical (unpaired) electrons. The number of anilines is 2. The van der Waals surface area contributed by atoms with Gasteiger partial charge in [0.25, 0.3) is 0 Å². The van der Waals surface area contributed by atoms with Gasteiger partial charge in [-0.3, -0.25) is 24.1 Å². The van der Waals surface area contributed by atoms with Crippen molar-refractivity contribution in [1.29, 1.82) is 0 Å². The molecule has 0 bridgehead atoms. The number of unbranched alkanes of at least 4 members (excludes halogenated alkanes) is 2. The zero-order valence-corrected chi connectivity index (χ0v) is 30.0. The highest BCUT2D eigenvalue weighted by molar-refractivity contribution is 8.00. The summed E-state index contributed by atoms with van der Waals surface area (Å²) >= 11 is 0.871. The molecule has 1 saturated heterocycles. The fourth-order valence-corrected chi connectivity index (χ4v) is 6.90. The standard InChI is InChI=1S/C34H49N9O7S/c1-3-4-5-10-37-31-30-25(39-34(36)40-31)9-12-43(30)20-23-7-6-22(17-26(23)50-2)19-41-13-15-42(16-14-41)28(44)8-11-38-32(47)27(18-29(45)46)51-21-24(35)33(48)49/h6-7,9,12,17,24,27H,3-5,8,10-11,13-16,18-21,35H2,1-2H3,(H,38,47)(H,45,46)(H,48,49)(H3,36,37,39,40)/t24-,27+/m0/s1. The molecular weight excluding hydrogens is 678 g/mol. The second-order valence-corrected chi connectivity index (χ2v) is 13.7.